The van der Waals surface area contributed by atoms with Crippen LogP contribution in [0.4, 0.5) is 18.0 Å². The minimum Gasteiger partial charge on any atom is -0.444 e. The van der Waals surface area contributed by atoms with Crippen LogP contribution in [0.15, 0.2) is 24.3 Å². The van der Waals surface area contributed by atoms with Crippen LogP contribution in [0, 0.1) is 0 Å². The molecular formula is C17H23F3N2O2. The maximum absolute atomic E-state index is 12.9. The second-order valence-electron chi connectivity index (χ2n) is 6.95. The first-order valence-corrected chi connectivity index (χ1v) is 7.93. The smallest absolute Gasteiger partial charge is 0.416 e. The van der Waals surface area contributed by atoms with Crippen molar-refractivity contribution in [2.75, 3.05) is 13.1 Å². The predicted octanol–water partition coefficient (Wildman–Crippen LogP) is 3.80. The zero-order valence-corrected chi connectivity index (χ0v) is 14.1. The summed E-state index contributed by atoms with van der Waals surface area (Å²) in [5.41, 5.74) is -0.939. The Kier molecular flexibility index (Phi) is 5.42. The van der Waals surface area contributed by atoms with E-state index in [1.165, 1.54) is 11.0 Å². The molecule has 1 aromatic carbocycles. The summed E-state index contributed by atoms with van der Waals surface area (Å²) in [6.07, 6.45) is -4.16. The molecule has 0 aromatic heterocycles. The maximum atomic E-state index is 12.9. The van der Waals surface area contributed by atoms with Crippen molar-refractivity contribution in [1.82, 2.24) is 10.2 Å². The van der Waals surface area contributed by atoms with Gasteiger partial charge in [-0.2, -0.15) is 13.2 Å². The van der Waals surface area contributed by atoms with E-state index in [1.54, 1.807) is 26.8 Å². The van der Waals surface area contributed by atoms with Crippen LogP contribution in [0.3, 0.4) is 0 Å². The van der Waals surface area contributed by atoms with E-state index in [-0.39, 0.29) is 12.6 Å². The van der Waals surface area contributed by atoms with Gasteiger partial charge in [0.05, 0.1) is 5.56 Å². The molecule has 24 heavy (non-hydrogen) atoms. The minimum absolute atomic E-state index is 0.0885. The fraction of sp³-hybridized carbons (Fsp3) is 0.588. The van der Waals surface area contributed by atoms with Crippen molar-refractivity contribution in [3.8, 4) is 0 Å². The molecule has 0 bridgehead atoms. The van der Waals surface area contributed by atoms with E-state index in [4.69, 9.17) is 4.74 Å². The van der Waals surface area contributed by atoms with Crippen molar-refractivity contribution >= 4 is 6.09 Å². The highest BCUT2D eigenvalue weighted by Gasteiger charge is 2.33. The van der Waals surface area contributed by atoms with Crippen LogP contribution in [0.5, 0.6) is 0 Å². The molecular weight excluding hydrogens is 321 g/mol. The molecule has 1 aromatic rings. The Bertz CT molecular complexity index is 576. The number of benzene rings is 1. The highest BCUT2D eigenvalue weighted by atomic mass is 19.4. The molecule has 134 valence electrons. The van der Waals surface area contributed by atoms with Crippen LogP contribution in [0.25, 0.3) is 0 Å². The minimum atomic E-state index is -4.40. The average molecular weight is 344 g/mol. The van der Waals surface area contributed by atoms with Crippen LogP contribution in [-0.4, -0.2) is 35.7 Å². The molecule has 1 fully saturated rings. The van der Waals surface area contributed by atoms with Crippen molar-refractivity contribution in [2.45, 2.75) is 51.6 Å². The number of alkyl halides is 3. The molecule has 1 aliphatic heterocycles. The predicted molar refractivity (Wildman–Crippen MR) is 84.5 cm³/mol. The lowest BCUT2D eigenvalue weighted by Gasteiger charge is -2.31. The number of halogens is 3. The van der Waals surface area contributed by atoms with E-state index in [9.17, 15) is 18.0 Å². The van der Waals surface area contributed by atoms with Crippen LogP contribution in [0.2, 0.25) is 0 Å². The first-order valence-electron chi connectivity index (χ1n) is 7.93. The summed E-state index contributed by atoms with van der Waals surface area (Å²) in [6.45, 7) is 6.76. The molecule has 4 nitrogen and oxygen atoms in total. The first kappa shape index (κ1) is 18.6. The zero-order chi connectivity index (χ0) is 18.0. The Morgan fingerprint density at radius 3 is 2.58 bits per heavy atom. The lowest BCUT2D eigenvalue weighted by atomic mass is 10.1. The molecule has 1 saturated heterocycles. The SMILES string of the molecule is CC(C)(C)OC(=O)N(Cc1cccc(C(F)(F)F)c1)[C@H]1CCNC1. The lowest BCUT2D eigenvalue weighted by molar-refractivity contribution is -0.137. The fourth-order valence-electron chi connectivity index (χ4n) is 2.61. The van der Waals surface area contributed by atoms with Gasteiger partial charge in [0.1, 0.15) is 5.60 Å². The molecule has 1 amide bonds. The number of amides is 1. The molecule has 1 aliphatic rings. The Hall–Kier alpha value is -1.76. The highest BCUT2D eigenvalue weighted by molar-refractivity contribution is 5.68. The van der Waals surface area contributed by atoms with Gasteiger partial charge in [-0.1, -0.05) is 12.1 Å². The van der Waals surface area contributed by atoms with E-state index in [1.807, 2.05) is 0 Å². The largest absolute Gasteiger partial charge is 0.444 e. The third kappa shape index (κ3) is 5.12. The lowest BCUT2D eigenvalue weighted by Crippen LogP contribution is -2.43. The molecule has 1 heterocycles. The summed E-state index contributed by atoms with van der Waals surface area (Å²) in [5.74, 6) is 0. The van der Waals surface area contributed by atoms with Crippen molar-refractivity contribution in [3.05, 3.63) is 35.4 Å². The molecule has 0 unspecified atom stereocenters. The molecule has 7 heteroatoms. The number of nitrogens with zero attached hydrogens (tertiary/aromatic N) is 1. The Morgan fingerprint density at radius 2 is 2.04 bits per heavy atom. The van der Waals surface area contributed by atoms with Crippen LogP contribution in [-0.2, 0) is 17.5 Å². The van der Waals surface area contributed by atoms with Crippen LogP contribution in [0.1, 0.15) is 38.3 Å². The summed E-state index contributed by atoms with van der Waals surface area (Å²) in [4.78, 5) is 14.0. The fourth-order valence-corrected chi connectivity index (χ4v) is 2.61. The molecule has 1 atom stereocenters. The third-order valence-electron chi connectivity index (χ3n) is 3.71. The topological polar surface area (TPSA) is 41.6 Å². The molecule has 0 saturated carbocycles. The van der Waals surface area contributed by atoms with Crippen LogP contribution >= 0.6 is 0 Å². The second kappa shape index (κ2) is 7.01. The summed E-state index contributed by atoms with van der Waals surface area (Å²) >= 11 is 0. The van der Waals surface area contributed by atoms with Gasteiger partial charge in [-0.05, 0) is 51.4 Å². The summed E-state index contributed by atoms with van der Waals surface area (Å²) in [5, 5.41) is 3.16. The monoisotopic (exact) mass is 344 g/mol. The van der Waals surface area contributed by atoms with Crippen molar-refractivity contribution in [1.29, 1.82) is 0 Å². The first-order chi connectivity index (χ1) is 11.1. The third-order valence-corrected chi connectivity index (χ3v) is 3.71. The number of carbonyl (C=O) groups is 1. The van der Waals surface area contributed by atoms with Gasteiger partial charge in [0, 0.05) is 19.1 Å². The van der Waals surface area contributed by atoms with Gasteiger partial charge in [-0.15, -0.1) is 0 Å². The van der Waals surface area contributed by atoms with Gasteiger partial charge >= 0.3 is 12.3 Å². The van der Waals surface area contributed by atoms with Gasteiger partial charge in [0.2, 0.25) is 0 Å². The Labute approximate surface area is 140 Å². The van der Waals surface area contributed by atoms with Crippen LogP contribution < -0.4 is 5.32 Å². The number of rotatable bonds is 3. The summed E-state index contributed by atoms with van der Waals surface area (Å²) in [7, 11) is 0. The van der Waals surface area contributed by atoms with Gasteiger partial charge in [-0.3, -0.25) is 4.90 Å². The van der Waals surface area contributed by atoms with Gasteiger partial charge < -0.3 is 10.1 Å². The van der Waals surface area contributed by atoms with E-state index >= 15 is 0 Å². The standard InChI is InChI=1S/C17H23F3N2O2/c1-16(2,3)24-15(23)22(14-7-8-21-10-14)11-12-5-4-6-13(9-12)17(18,19)20/h4-6,9,14,21H,7-8,10-11H2,1-3H3/t14-/m0/s1. The Balaban J connectivity index is 2.20. The normalized spacial score (nSPS) is 18.5. The summed E-state index contributed by atoms with van der Waals surface area (Å²) in [6, 6.07) is 4.97. The quantitative estimate of drug-likeness (QED) is 0.907. The Morgan fingerprint density at radius 1 is 1.33 bits per heavy atom. The molecule has 0 spiro atoms. The average Bonchev–Trinajstić information content (AvgIpc) is 2.96. The maximum Gasteiger partial charge on any atom is 0.416 e. The van der Waals surface area contributed by atoms with Gasteiger partial charge in [-0.25, -0.2) is 4.79 Å². The number of hydrogen-bond acceptors (Lipinski definition) is 3. The molecule has 0 aliphatic carbocycles. The van der Waals surface area contributed by atoms with Crippen molar-refractivity contribution in [2.24, 2.45) is 0 Å². The van der Waals surface area contributed by atoms with E-state index in [0.29, 0.717) is 12.1 Å². The number of ether oxygens (including phenoxy) is 1. The van der Waals surface area contributed by atoms with Crippen molar-refractivity contribution < 1.29 is 22.7 Å². The molecule has 0 radical (unpaired) electrons. The molecule has 1 N–H and O–H groups in total. The summed E-state index contributed by atoms with van der Waals surface area (Å²) < 4.78 is 44.0. The van der Waals surface area contributed by atoms with Gasteiger partial charge in [0.25, 0.3) is 0 Å². The number of hydrogen-bond donors (Lipinski definition) is 1. The van der Waals surface area contributed by atoms with E-state index < -0.39 is 23.4 Å². The number of carbonyl (C=O) groups excluding carboxylic acids is 1. The number of nitrogens with one attached hydrogen (secondary N) is 1. The van der Waals surface area contributed by atoms with Crippen molar-refractivity contribution in [3.63, 3.8) is 0 Å². The zero-order valence-electron chi connectivity index (χ0n) is 14.1. The molecule has 2 rings (SSSR count). The highest BCUT2D eigenvalue weighted by Crippen LogP contribution is 2.30. The van der Waals surface area contributed by atoms with E-state index in [2.05, 4.69) is 5.32 Å². The second-order valence-corrected chi connectivity index (χ2v) is 6.95. The van der Waals surface area contributed by atoms with E-state index in [0.717, 1.165) is 25.1 Å². The van der Waals surface area contributed by atoms with Gasteiger partial charge in [0.15, 0.2) is 0 Å².